The van der Waals surface area contributed by atoms with Crippen molar-refractivity contribution in [2.24, 2.45) is 0 Å². The summed E-state index contributed by atoms with van der Waals surface area (Å²) in [7, 11) is -14.0. The van der Waals surface area contributed by atoms with Crippen molar-refractivity contribution in [3.63, 3.8) is 0 Å². The maximum absolute atomic E-state index is 10.5. The maximum Gasteiger partial charge on any atom is 0.469 e. The van der Waals surface area contributed by atoms with Crippen molar-refractivity contribution in [2.45, 2.75) is 0 Å². The third kappa shape index (κ3) is 21.2. The molecule has 0 amide bonds. The summed E-state index contributed by atoms with van der Waals surface area (Å²) in [6.07, 6.45) is 0. The number of nitrogens with zero attached hydrogens (tertiary/aromatic N) is 1. The molecule has 0 aliphatic heterocycles. The van der Waals surface area contributed by atoms with Gasteiger partial charge in [-0.25, -0.2) is 13.7 Å². The second-order valence-electron chi connectivity index (χ2n) is 3.81. The average Bonchev–Trinajstić information content (AvgIpc) is 2.23. The second-order valence-corrected chi connectivity index (χ2v) is 7.53. The van der Waals surface area contributed by atoms with Crippen molar-refractivity contribution >= 4 is 53.0 Å². The van der Waals surface area contributed by atoms with Crippen molar-refractivity contribution in [2.75, 3.05) is 39.5 Å². The van der Waals surface area contributed by atoms with Crippen LogP contribution in [0.15, 0.2) is 0 Å². The van der Waals surface area contributed by atoms with E-state index in [-0.39, 0.29) is 49.2 Å². The fraction of sp³-hybridized carbons (Fsp3) is 1.00. The minimum absolute atomic E-state index is 0. The topological polar surface area (TPSA) is 204 Å². The summed E-state index contributed by atoms with van der Waals surface area (Å²) >= 11 is 0. The van der Waals surface area contributed by atoms with E-state index in [1.165, 1.54) is 4.90 Å². The van der Waals surface area contributed by atoms with Crippen LogP contribution in [0.4, 0.5) is 0 Å². The van der Waals surface area contributed by atoms with Crippen LogP contribution >= 0.6 is 23.5 Å². The number of hydrogen-bond acceptors (Lipinski definition) is 7. The molecule has 0 rings (SSSR count). The van der Waals surface area contributed by atoms with E-state index >= 15 is 0 Å². The van der Waals surface area contributed by atoms with E-state index < -0.39 is 43.3 Å². The molecular formula is C6H18NNaO12P3. The van der Waals surface area contributed by atoms with E-state index in [1.54, 1.807) is 0 Å². The Balaban J connectivity index is 0. The van der Waals surface area contributed by atoms with Gasteiger partial charge in [0.1, 0.15) is 0 Å². The zero-order valence-corrected chi connectivity index (χ0v) is 16.8. The van der Waals surface area contributed by atoms with Gasteiger partial charge < -0.3 is 29.4 Å². The van der Waals surface area contributed by atoms with Crippen LogP contribution in [0.5, 0.6) is 0 Å². The molecule has 0 aliphatic carbocycles. The van der Waals surface area contributed by atoms with Gasteiger partial charge in [0.25, 0.3) is 0 Å². The molecule has 135 valence electrons. The average molecular weight is 412 g/mol. The molecule has 0 bridgehead atoms. The Hall–Kier alpha value is 1.29. The zero-order valence-electron chi connectivity index (χ0n) is 12.2. The Morgan fingerprint density at radius 2 is 0.826 bits per heavy atom. The van der Waals surface area contributed by atoms with Gasteiger partial charge in [0.05, 0.1) is 19.8 Å². The molecule has 0 aliphatic rings. The standard InChI is InChI=1S/C6H18NO12P3.Na/c8-20(9,10)17-4-1-7(2-5-18-21(11,12)13)3-6-19-22(14,15)16;/h1-6H2,(H2,8,9,10)(H2,11,12,13)(H2,14,15,16);. The molecule has 6 N–H and O–H groups in total. The number of hydrogen-bond donors (Lipinski definition) is 6. The van der Waals surface area contributed by atoms with Crippen LogP contribution in [-0.4, -0.2) is 103 Å². The van der Waals surface area contributed by atoms with Crippen LogP contribution in [-0.2, 0) is 27.3 Å². The zero-order chi connectivity index (χ0) is 17.4. The molecule has 17 heteroatoms. The molecule has 0 aromatic rings. The molecule has 0 spiro atoms. The van der Waals surface area contributed by atoms with E-state index in [1.807, 2.05) is 0 Å². The van der Waals surface area contributed by atoms with E-state index in [9.17, 15) is 13.7 Å². The number of phosphoric ester groups is 3. The molecule has 0 aromatic heterocycles. The van der Waals surface area contributed by atoms with Crippen LogP contribution in [0.3, 0.4) is 0 Å². The van der Waals surface area contributed by atoms with Gasteiger partial charge in [0.15, 0.2) is 0 Å². The molecule has 23 heavy (non-hydrogen) atoms. The Morgan fingerprint density at radius 1 is 0.609 bits per heavy atom. The van der Waals surface area contributed by atoms with Crippen LogP contribution in [0.1, 0.15) is 0 Å². The fourth-order valence-corrected chi connectivity index (χ4v) is 2.16. The largest absolute Gasteiger partial charge is 0.469 e. The van der Waals surface area contributed by atoms with Crippen LogP contribution < -0.4 is 0 Å². The maximum atomic E-state index is 10.5. The summed E-state index contributed by atoms with van der Waals surface area (Å²) in [6, 6.07) is 0. The van der Waals surface area contributed by atoms with Crippen LogP contribution in [0.2, 0.25) is 0 Å². The monoisotopic (exact) mass is 412 g/mol. The van der Waals surface area contributed by atoms with E-state index in [0.717, 1.165) is 0 Å². The molecule has 1 radical (unpaired) electrons. The molecule has 13 nitrogen and oxygen atoms in total. The minimum Gasteiger partial charge on any atom is -0.303 e. The Morgan fingerprint density at radius 3 is 1.00 bits per heavy atom. The molecule has 0 heterocycles. The van der Waals surface area contributed by atoms with Gasteiger partial charge >= 0.3 is 23.5 Å². The van der Waals surface area contributed by atoms with Gasteiger partial charge in [0.2, 0.25) is 0 Å². The first kappa shape index (κ1) is 26.5. The van der Waals surface area contributed by atoms with Gasteiger partial charge in [-0.1, -0.05) is 0 Å². The summed E-state index contributed by atoms with van der Waals surface area (Å²) in [6.45, 7) is -1.55. The first-order valence-electron chi connectivity index (χ1n) is 5.61. The number of phosphoric acid groups is 3. The molecule has 0 unspecified atom stereocenters. The van der Waals surface area contributed by atoms with Gasteiger partial charge in [0, 0.05) is 49.2 Å². The SMILES string of the molecule is O=P(O)(O)OCCN(CCOP(=O)(O)O)CCOP(=O)(O)O.[Na]. The fourth-order valence-electron chi connectivity index (χ4n) is 1.20. The first-order valence-corrected chi connectivity index (χ1v) is 10.2. The summed E-state index contributed by atoms with van der Waals surface area (Å²) in [4.78, 5) is 52.4. The Bertz CT molecular complexity index is 391. The Kier molecular flexibility index (Phi) is 13.6. The molecule has 0 fully saturated rings. The molecule has 0 saturated carbocycles. The van der Waals surface area contributed by atoms with Crippen LogP contribution in [0, 0.1) is 0 Å². The van der Waals surface area contributed by atoms with Gasteiger partial charge in [-0.2, -0.15) is 0 Å². The third-order valence-electron chi connectivity index (χ3n) is 2.00. The Labute approximate surface area is 153 Å². The third-order valence-corrected chi connectivity index (χ3v) is 3.56. The van der Waals surface area contributed by atoms with Gasteiger partial charge in [-0.05, 0) is 0 Å². The summed E-state index contributed by atoms with van der Waals surface area (Å²) in [5.41, 5.74) is 0. The second kappa shape index (κ2) is 11.8. The summed E-state index contributed by atoms with van der Waals surface area (Å²) in [5, 5.41) is 0. The molecule has 0 aromatic carbocycles. The predicted octanol–water partition coefficient (Wildman–Crippen LogP) is -1.76. The summed E-state index contributed by atoms with van der Waals surface area (Å²) < 4.78 is 44.1. The van der Waals surface area contributed by atoms with E-state index in [2.05, 4.69) is 13.6 Å². The van der Waals surface area contributed by atoms with E-state index in [4.69, 9.17) is 29.4 Å². The van der Waals surface area contributed by atoms with Crippen molar-refractivity contribution < 1.29 is 56.6 Å². The smallest absolute Gasteiger partial charge is 0.303 e. The normalized spacial score (nSPS) is 13.2. The van der Waals surface area contributed by atoms with Crippen molar-refractivity contribution in [1.82, 2.24) is 4.90 Å². The molecule has 0 atom stereocenters. The van der Waals surface area contributed by atoms with Crippen molar-refractivity contribution in [1.29, 1.82) is 0 Å². The number of rotatable bonds is 12. The molecular weight excluding hydrogens is 394 g/mol. The van der Waals surface area contributed by atoms with E-state index in [0.29, 0.717) is 0 Å². The van der Waals surface area contributed by atoms with Gasteiger partial charge in [-0.3, -0.25) is 18.5 Å². The molecule has 0 saturated heterocycles. The first-order chi connectivity index (χ1) is 9.79. The van der Waals surface area contributed by atoms with Gasteiger partial charge in [-0.15, -0.1) is 0 Å². The minimum atomic E-state index is -4.67. The predicted molar refractivity (Wildman–Crippen MR) is 76.2 cm³/mol. The quantitative estimate of drug-likeness (QED) is 0.155. The summed E-state index contributed by atoms with van der Waals surface area (Å²) in [5.74, 6) is 0. The van der Waals surface area contributed by atoms with Crippen molar-refractivity contribution in [3.8, 4) is 0 Å². The van der Waals surface area contributed by atoms with Crippen molar-refractivity contribution in [3.05, 3.63) is 0 Å². The van der Waals surface area contributed by atoms with Crippen LogP contribution in [0.25, 0.3) is 0 Å².